The Balaban J connectivity index is 1.69. The lowest BCUT2D eigenvalue weighted by Crippen LogP contribution is -2.59. The molecule has 0 radical (unpaired) electrons. The van der Waals surface area contributed by atoms with E-state index in [0.717, 1.165) is 38.5 Å². The van der Waals surface area contributed by atoms with Crippen LogP contribution in [0.25, 0.3) is 0 Å². The molecule has 0 aromatic carbocycles. The molecule has 0 aromatic heterocycles. The Hall–Kier alpha value is -0.410. The molecule has 4 saturated carbocycles. The maximum Gasteiger partial charge on any atom is 0.139 e. The predicted octanol–water partition coefficient (Wildman–Crippen LogP) is 2.93. The molecule has 0 saturated heterocycles. The van der Waals surface area contributed by atoms with Crippen LogP contribution in [0.4, 0.5) is 0 Å². The summed E-state index contributed by atoms with van der Waals surface area (Å²) in [5, 5.41) is 21.0. The fourth-order valence-corrected chi connectivity index (χ4v) is 7.13. The zero-order valence-corrected chi connectivity index (χ0v) is 13.9. The van der Waals surface area contributed by atoms with E-state index in [1.807, 2.05) is 0 Å². The minimum atomic E-state index is -0.337. The highest BCUT2D eigenvalue weighted by Gasteiger charge is 2.63. The van der Waals surface area contributed by atoms with E-state index in [2.05, 4.69) is 13.8 Å². The van der Waals surface area contributed by atoms with Crippen LogP contribution in [0.5, 0.6) is 0 Å². The zero-order valence-electron chi connectivity index (χ0n) is 13.9. The van der Waals surface area contributed by atoms with Crippen molar-refractivity contribution in [2.45, 2.75) is 77.4 Å². The third kappa shape index (κ3) is 1.84. The van der Waals surface area contributed by atoms with Gasteiger partial charge >= 0.3 is 0 Å². The van der Waals surface area contributed by atoms with Gasteiger partial charge in [0.25, 0.3) is 0 Å². The Morgan fingerprint density at radius 3 is 2.64 bits per heavy atom. The average molecular weight is 306 g/mol. The summed E-state index contributed by atoms with van der Waals surface area (Å²) in [6.45, 7) is 4.48. The molecule has 4 rings (SSSR count). The molecule has 0 amide bonds. The van der Waals surface area contributed by atoms with Gasteiger partial charge in [-0.2, -0.15) is 0 Å². The lowest BCUT2D eigenvalue weighted by Gasteiger charge is -2.61. The van der Waals surface area contributed by atoms with Gasteiger partial charge in [0.2, 0.25) is 0 Å². The molecule has 0 spiro atoms. The van der Waals surface area contributed by atoms with E-state index < -0.39 is 0 Å². The molecule has 0 bridgehead atoms. The topological polar surface area (TPSA) is 57.5 Å². The zero-order chi connectivity index (χ0) is 15.7. The van der Waals surface area contributed by atoms with Crippen molar-refractivity contribution in [3.8, 4) is 0 Å². The second kappa shape index (κ2) is 4.80. The lowest BCUT2D eigenvalue weighted by molar-refractivity contribution is -0.175. The van der Waals surface area contributed by atoms with Crippen molar-refractivity contribution in [2.75, 3.05) is 0 Å². The van der Waals surface area contributed by atoms with Crippen LogP contribution in [0.1, 0.15) is 65.2 Å². The van der Waals surface area contributed by atoms with Crippen molar-refractivity contribution in [2.24, 2.45) is 34.5 Å². The molecule has 0 aliphatic heterocycles. The predicted molar refractivity (Wildman–Crippen MR) is 84.1 cm³/mol. The molecular formula is C19H30O3. The van der Waals surface area contributed by atoms with E-state index in [0.29, 0.717) is 35.9 Å². The molecule has 3 heteroatoms. The van der Waals surface area contributed by atoms with E-state index in [1.165, 1.54) is 6.42 Å². The minimum Gasteiger partial charge on any atom is -0.393 e. The highest BCUT2D eigenvalue weighted by Crippen LogP contribution is 2.65. The molecule has 3 nitrogen and oxygen atoms in total. The third-order valence-electron chi connectivity index (χ3n) is 8.28. The molecular weight excluding hydrogens is 276 g/mol. The van der Waals surface area contributed by atoms with E-state index >= 15 is 0 Å². The Morgan fingerprint density at radius 2 is 1.86 bits per heavy atom. The summed E-state index contributed by atoms with van der Waals surface area (Å²) in [5.74, 6) is 2.27. The van der Waals surface area contributed by atoms with Gasteiger partial charge in [0.05, 0.1) is 12.2 Å². The summed E-state index contributed by atoms with van der Waals surface area (Å²) in [7, 11) is 0. The number of carbonyl (C=O) groups is 1. The Kier molecular flexibility index (Phi) is 3.30. The summed E-state index contributed by atoms with van der Waals surface area (Å²) in [5.41, 5.74) is -0.105. The smallest absolute Gasteiger partial charge is 0.139 e. The summed E-state index contributed by atoms with van der Waals surface area (Å²) in [6, 6.07) is 0. The molecule has 2 N–H and O–H groups in total. The second-order valence-electron chi connectivity index (χ2n) is 9.16. The van der Waals surface area contributed by atoms with Crippen LogP contribution in [0, 0.1) is 34.5 Å². The molecule has 22 heavy (non-hydrogen) atoms. The van der Waals surface area contributed by atoms with Crippen molar-refractivity contribution in [3.63, 3.8) is 0 Å². The number of hydrogen-bond donors (Lipinski definition) is 2. The van der Waals surface area contributed by atoms with Gasteiger partial charge in [0, 0.05) is 11.8 Å². The fraction of sp³-hybridized carbons (Fsp3) is 0.947. The second-order valence-corrected chi connectivity index (χ2v) is 9.16. The first kappa shape index (κ1) is 15.1. The summed E-state index contributed by atoms with van der Waals surface area (Å²) in [4.78, 5) is 12.4. The first-order valence-corrected chi connectivity index (χ1v) is 9.25. The number of ketones is 1. The first-order chi connectivity index (χ1) is 10.4. The molecule has 8 atom stereocenters. The fourth-order valence-electron chi connectivity index (χ4n) is 7.13. The Labute approximate surface area is 133 Å². The number of Topliss-reactive ketones (excluding diaryl/α,β-unsaturated/α-hetero) is 1. The first-order valence-electron chi connectivity index (χ1n) is 9.25. The highest BCUT2D eigenvalue weighted by molar-refractivity contribution is 5.87. The Bertz CT molecular complexity index is 489. The number of fused-ring (bicyclic) bond motifs is 5. The van der Waals surface area contributed by atoms with Gasteiger partial charge in [0.1, 0.15) is 5.78 Å². The number of rotatable bonds is 0. The monoisotopic (exact) mass is 306 g/mol. The van der Waals surface area contributed by atoms with Crippen molar-refractivity contribution < 1.29 is 15.0 Å². The molecule has 4 aliphatic rings. The van der Waals surface area contributed by atoms with Gasteiger partial charge < -0.3 is 10.2 Å². The van der Waals surface area contributed by atoms with Crippen LogP contribution >= 0.6 is 0 Å². The van der Waals surface area contributed by atoms with Gasteiger partial charge in [-0.05, 0) is 74.0 Å². The maximum atomic E-state index is 12.4. The van der Waals surface area contributed by atoms with Crippen LogP contribution in [0.15, 0.2) is 0 Å². The number of aliphatic hydroxyl groups excluding tert-OH is 2. The number of carbonyl (C=O) groups excluding carboxylic acids is 1. The highest BCUT2D eigenvalue weighted by atomic mass is 16.3. The van der Waals surface area contributed by atoms with E-state index in [4.69, 9.17) is 0 Å². The Morgan fingerprint density at radius 1 is 1.09 bits per heavy atom. The van der Waals surface area contributed by atoms with Crippen LogP contribution < -0.4 is 0 Å². The van der Waals surface area contributed by atoms with Crippen LogP contribution in [0.2, 0.25) is 0 Å². The van der Waals surface area contributed by atoms with Gasteiger partial charge in [0.15, 0.2) is 0 Å². The number of aliphatic hydroxyl groups is 2. The van der Waals surface area contributed by atoms with Crippen molar-refractivity contribution >= 4 is 5.78 Å². The largest absolute Gasteiger partial charge is 0.393 e. The van der Waals surface area contributed by atoms with E-state index in [9.17, 15) is 15.0 Å². The van der Waals surface area contributed by atoms with Gasteiger partial charge in [-0.3, -0.25) is 4.79 Å². The van der Waals surface area contributed by atoms with Crippen molar-refractivity contribution in [3.05, 3.63) is 0 Å². The molecule has 0 unspecified atom stereocenters. The molecule has 4 aliphatic carbocycles. The van der Waals surface area contributed by atoms with E-state index in [-0.39, 0.29) is 23.0 Å². The maximum absolute atomic E-state index is 12.4. The summed E-state index contributed by atoms with van der Waals surface area (Å²) < 4.78 is 0. The van der Waals surface area contributed by atoms with Gasteiger partial charge in [-0.1, -0.05) is 13.8 Å². The molecule has 0 aromatic rings. The summed E-state index contributed by atoms with van der Waals surface area (Å²) in [6.07, 6.45) is 7.08. The summed E-state index contributed by atoms with van der Waals surface area (Å²) >= 11 is 0. The normalized spacial score (nSPS) is 57.9. The molecule has 0 heterocycles. The molecule has 4 fully saturated rings. The standard InChI is InChI=1S/C19H30O3/c1-18-8-7-12(20)9-11(18)3-4-13-14-5-6-16(22)19(14,2)10-15(21)17(13)18/h11-15,17,20-21H,3-10H2,1-2H3/t11-,12+,13+,14+,15+,17-,18-,19-/m0/s1. The van der Waals surface area contributed by atoms with Crippen molar-refractivity contribution in [1.82, 2.24) is 0 Å². The van der Waals surface area contributed by atoms with Gasteiger partial charge in [-0.15, -0.1) is 0 Å². The molecule has 124 valence electrons. The van der Waals surface area contributed by atoms with Gasteiger partial charge in [-0.25, -0.2) is 0 Å². The van der Waals surface area contributed by atoms with Crippen LogP contribution in [-0.2, 0) is 4.79 Å². The van der Waals surface area contributed by atoms with Crippen LogP contribution in [-0.4, -0.2) is 28.2 Å². The number of hydrogen-bond acceptors (Lipinski definition) is 3. The van der Waals surface area contributed by atoms with Crippen LogP contribution in [0.3, 0.4) is 0 Å². The quantitative estimate of drug-likeness (QED) is 0.723. The van der Waals surface area contributed by atoms with Crippen molar-refractivity contribution in [1.29, 1.82) is 0 Å². The SMILES string of the molecule is C[C@]12CC[C@@H](O)C[C@@H]1CC[C@H]1[C@H]2[C@H](O)C[C@]2(C)C(=O)CC[C@H]12. The van der Waals surface area contributed by atoms with E-state index in [1.54, 1.807) is 0 Å². The minimum absolute atomic E-state index is 0.145. The average Bonchev–Trinajstić information content (AvgIpc) is 2.75. The third-order valence-corrected chi connectivity index (χ3v) is 8.28. The lowest BCUT2D eigenvalue weighted by atomic mass is 9.44.